The van der Waals surface area contributed by atoms with Gasteiger partial charge in [-0.3, -0.25) is 14.6 Å². The molecule has 3 unspecified atom stereocenters. The number of nitrogens with zero attached hydrogens (tertiary/aromatic N) is 2. The summed E-state index contributed by atoms with van der Waals surface area (Å²) in [5.74, 6) is 0.941. The number of fused-ring (bicyclic) bond motifs is 2. The van der Waals surface area contributed by atoms with Crippen molar-refractivity contribution >= 4 is 5.91 Å². The zero-order valence-corrected chi connectivity index (χ0v) is 22.4. The molecule has 5 nitrogen and oxygen atoms in total. The molecule has 2 saturated heterocycles. The largest absolute Gasteiger partial charge is 0.497 e. The molecule has 0 aromatic heterocycles. The van der Waals surface area contributed by atoms with Gasteiger partial charge in [-0.25, -0.2) is 0 Å². The van der Waals surface area contributed by atoms with E-state index in [-0.39, 0.29) is 11.9 Å². The summed E-state index contributed by atoms with van der Waals surface area (Å²) in [5, 5.41) is 3.30. The molecule has 1 amide bonds. The van der Waals surface area contributed by atoms with Gasteiger partial charge in [0.1, 0.15) is 5.75 Å². The molecule has 5 heteroatoms. The van der Waals surface area contributed by atoms with Gasteiger partial charge in [-0.2, -0.15) is 0 Å². The van der Waals surface area contributed by atoms with E-state index in [0.29, 0.717) is 18.1 Å². The zero-order chi connectivity index (χ0) is 25.6. The Morgan fingerprint density at radius 2 is 1.68 bits per heavy atom. The van der Waals surface area contributed by atoms with Crippen molar-refractivity contribution in [1.29, 1.82) is 0 Å². The van der Waals surface area contributed by atoms with Crippen molar-refractivity contribution in [3.05, 3.63) is 77.9 Å². The second-order valence-corrected chi connectivity index (χ2v) is 11.1. The van der Waals surface area contributed by atoms with Crippen molar-refractivity contribution in [2.45, 2.75) is 82.0 Å². The van der Waals surface area contributed by atoms with Gasteiger partial charge < -0.3 is 10.1 Å². The number of carbonyl (C=O) groups excluding carboxylic acids is 1. The van der Waals surface area contributed by atoms with Crippen LogP contribution in [-0.4, -0.2) is 60.6 Å². The first kappa shape index (κ1) is 26.0. The Balaban J connectivity index is 1.39. The maximum Gasteiger partial charge on any atom is 0.251 e. The van der Waals surface area contributed by atoms with Gasteiger partial charge in [0.25, 0.3) is 5.91 Å². The first-order chi connectivity index (χ1) is 18.2. The van der Waals surface area contributed by atoms with Crippen LogP contribution in [0.5, 0.6) is 5.75 Å². The summed E-state index contributed by atoms with van der Waals surface area (Å²) in [6, 6.07) is 18.4. The van der Waals surface area contributed by atoms with Crippen LogP contribution in [0.2, 0.25) is 0 Å². The van der Waals surface area contributed by atoms with E-state index in [1.165, 1.54) is 56.1 Å². The van der Waals surface area contributed by atoms with Gasteiger partial charge in [0, 0.05) is 43.3 Å². The number of carbonyl (C=O) groups is 1. The van der Waals surface area contributed by atoms with Gasteiger partial charge in [-0.15, -0.1) is 6.58 Å². The first-order valence-corrected chi connectivity index (χ1v) is 14.3. The summed E-state index contributed by atoms with van der Waals surface area (Å²) in [5.41, 5.74) is 3.23. The zero-order valence-electron chi connectivity index (χ0n) is 22.4. The molecule has 0 spiro atoms. The van der Waals surface area contributed by atoms with Gasteiger partial charge in [0.05, 0.1) is 13.2 Å². The quantitative estimate of drug-likeness (QED) is 0.358. The lowest BCUT2D eigenvalue weighted by atomic mass is 9.87. The van der Waals surface area contributed by atoms with Crippen LogP contribution in [0.3, 0.4) is 0 Å². The number of benzene rings is 2. The van der Waals surface area contributed by atoms with E-state index < -0.39 is 0 Å². The highest BCUT2D eigenvalue weighted by Gasteiger charge is 2.39. The average molecular weight is 502 g/mol. The van der Waals surface area contributed by atoms with Crippen LogP contribution in [0.25, 0.3) is 0 Å². The van der Waals surface area contributed by atoms with E-state index in [2.05, 4.69) is 58.1 Å². The summed E-state index contributed by atoms with van der Waals surface area (Å²) < 4.78 is 5.59. The molecule has 2 bridgehead atoms. The van der Waals surface area contributed by atoms with E-state index in [1.807, 2.05) is 18.2 Å². The van der Waals surface area contributed by atoms with E-state index in [9.17, 15) is 4.79 Å². The third kappa shape index (κ3) is 6.10. The molecule has 2 heterocycles. The van der Waals surface area contributed by atoms with Crippen molar-refractivity contribution in [2.24, 2.45) is 0 Å². The van der Waals surface area contributed by atoms with Gasteiger partial charge in [0.2, 0.25) is 0 Å². The molecule has 3 aliphatic rings. The number of piperazine rings is 1. The number of methoxy groups -OCH3 is 1. The van der Waals surface area contributed by atoms with Crippen LogP contribution in [0.1, 0.15) is 85.3 Å². The second-order valence-electron chi connectivity index (χ2n) is 11.1. The van der Waals surface area contributed by atoms with E-state index >= 15 is 0 Å². The van der Waals surface area contributed by atoms with Gasteiger partial charge in [-0.05, 0) is 61.1 Å². The lowest BCUT2D eigenvalue weighted by Gasteiger charge is -2.52. The standard InChI is InChI=1S/C32H43N3O2/c1-3-20-35-28-13-9-14-29(35)23-34(22-28)31(26-10-8-15-30(21-26)37-2)24-16-18-25(19-17-24)32(36)33-27-11-6-4-5-7-12-27/h3,8,10,15-19,21,27-29,31H,1,4-7,9,11-14,20,22-23H2,2H3,(H,33,36). The maximum atomic E-state index is 13.0. The van der Waals surface area contributed by atoms with Crippen molar-refractivity contribution in [3.8, 4) is 5.75 Å². The van der Waals surface area contributed by atoms with Crippen LogP contribution in [0.4, 0.5) is 0 Å². The predicted octanol–water partition coefficient (Wildman–Crippen LogP) is 5.96. The molecular formula is C32H43N3O2. The lowest BCUT2D eigenvalue weighted by molar-refractivity contribution is -0.0128. The number of nitrogens with one attached hydrogen (secondary N) is 1. The molecule has 1 aliphatic carbocycles. The van der Waals surface area contributed by atoms with E-state index in [0.717, 1.165) is 43.8 Å². The molecule has 198 valence electrons. The molecule has 37 heavy (non-hydrogen) atoms. The fraction of sp³-hybridized carbons (Fsp3) is 0.531. The van der Waals surface area contributed by atoms with E-state index in [4.69, 9.17) is 4.74 Å². The smallest absolute Gasteiger partial charge is 0.251 e. The minimum Gasteiger partial charge on any atom is -0.497 e. The minimum absolute atomic E-state index is 0.0592. The lowest BCUT2D eigenvalue weighted by Crippen LogP contribution is -2.61. The highest BCUT2D eigenvalue weighted by molar-refractivity contribution is 5.94. The number of hydrogen-bond acceptors (Lipinski definition) is 4. The Labute approximate surface area is 222 Å². The molecule has 1 N–H and O–H groups in total. The molecule has 0 radical (unpaired) electrons. The number of amides is 1. The highest BCUT2D eigenvalue weighted by Crippen LogP contribution is 2.37. The Morgan fingerprint density at radius 1 is 0.973 bits per heavy atom. The number of ether oxygens (including phenoxy) is 1. The monoisotopic (exact) mass is 501 g/mol. The SMILES string of the molecule is C=CCN1C2CCCC1CN(C(c1ccc(C(=O)NC3CCCCCC3)cc1)c1cccc(OC)c1)C2. The van der Waals surface area contributed by atoms with Crippen molar-refractivity contribution in [1.82, 2.24) is 15.1 Å². The van der Waals surface area contributed by atoms with Crippen molar-refractivity contribution in [2.75, 3.05) is 26.7 Å². The molecular weight excluding hydrogens is 458 g/mol. The van der Waals surface area contributed by atoms with Gasteiger partial charge >= 0.3 is 0 Å². The van der Waals surface area contributed by atoms with Gasteiger partial charge in [0.15, 0.2) is 0 Å². The van der Waals surface area contributed by atoms with E-state index in [1.54, 1.807) is 7.11 Å². The van der Waals surface area contributed by atoms with Crippen LogP contribution in [0, 0.1) is 0 Å². The fourth-order valence-electron chi connectivity index (χ4n) is 6.82. The molecule has 3 atom stereocenters. The fourth-order valence-corrected chi connectivity index (χ4v) is 6.82. The van der Waals surface area contributed by atoms with Crippen molar-refractivity contribution in [3.63, 3.8) is 0 Å². The number of likely N-dealkylation sites (tertiary alicyclic amines) is 1. The van der Waals surface area contributed by atoms with Crippen LogP contribution >= 0.6 is 0 Å². The van der Waals surface area contributed by atoms with Crippen LogP contribution in [0.15, 0.2) is 61.2 Å². The second kappa shape index (κ2) is 12.3. The Morgan fingerprint density at radius 3 is 2.32 bits per heavy atom. The van der Waals surface area contributed by atoms with Crippen molar-refractivity contribution < 1.29 is 9.53 Å². The highest BCUT2D eigenvalue weighted by atomic mass is 16.5. The summed E-state index contributed by atoms with van der Waals surface area (Å²) in [6.45, 7) is 7.06. The Kier molecular flexibility index (Phi) is 8.62. The van der Waals surface area contributed by atoms with Crippen LogP contribution < -0.4 is 10.1 Å². The molecule has 2 aromatic carbocycles. The molecule has 3 fully saturated rings. The summed E-state index contributed by atoms with van der Waals surface area (Å²) >= 11 is 0. The van der Waals surface area contributed by atoms with Gasteiger partial charge in [-0.1, -0.05) is 62.4 Å². The summed E-state index contributed by atoms with van der Waals surface area (Å²) in [4.78, 5) is 18.4. The Bertz CT molecular complexity index is 1030. The van der Waals surface area contributed by atoms with Crippen LogP contribution in [-0.2, 0) is 0 Å². The molecule has 5 rings (SSSR count). The first-order valence-electron chi connectivity index (χ1n) is 14.3. The minimum atomic E-state index is 0.0592. The number of piperidine rings is 1. The predicted molar refractivity (Wildman–Crippen MR) is 150 cm³/mol. The topological polar surface area (TPSA) is 44.8 Å². The average Bonchev–Trinajstić information content (AvgIpc) is 3.18. The summed E-state index contributed by atoms with van der Waals surface area (Å²) in [6.07, 6.45) is 13.1. The molecule has 2 aromatic rings. The molecule has 1 saturated carbocycles. The third-order valence-corrected chi connectivity index (χ3v) is 8.70. The number of rotatable bonds is 8. The maximum absolute atomic E-state index is 13.0. The molecule has 2 aliphatic heterocycles. The Hall–Kier alpha value is -2.63. The third-order valence-electron chi connectivity index (χ3n) is 8.70. The normalized spacial score (nSPS) is 24.1. The number of hydrogen-bond donors (Lipinski definition) is 1. The summed E-state index contributed by atoms with van der Waals surface area (Å²) in [7, 11) is 1.73.